The highest BCUT2D eigenvalue weighted by molar-refractivity contribution is 7.98. The van der Waals surface area contributed by atoms with Gasteiger partial charge < -0.3 is 15.5 Å². The van der Waals surface area contributed by atoms with Crippen molar-refractivity contribution in [2.45, 2.75) is 23.8 Å². The van der Waals surface area contributed by atoms with Crippen molar-refractivity contribution in [2.75, 3.05) is 29.6 Å². The van der Waals surface area contributed by atoms with E-state index in [4.69, 9.17) is 23.8 Å². The summed E-state index contributed by atoms with van der Waals surface area (Å²) in [6.45, 7) is 1.95. The molecule has 1 aromatic heterocycles. The van der Waals surface area contributed by atoms with Gasteiger partial charge in [-0.15, -0.1) is 11.8 Å². The van der Waals surface area contributed by atoms with Crippen molar-refractivity contribution in [3.05, 3.63) is 59.8 Å². The number of nitrogens with zero attached hydrogens (tertiary/aromatic N) is 2. The van der Waals surface area contributed by atoms with Gasteiger partial charge in [-0.05, 0) is 67.7 Å². The zero-order valence-electron chi connectivity index (χ0n) is 16.2. The topological polar surface area (TPSA) is 40.2 Å². The smallest absolute Gasteiger partial charge is 0.171 e. The summed E-state index contributed by atoms with van der Waals surface area (Å²) in [5.41, 5.74) is 3.21. The Kier molecular flexibility index (Phi) is 6.43. The number of piperidine rings is 1. The fourth-order valence-corrected chi connectivity index (χ4v) is 4.73. The maximum atomic E-state index is 6.12. The lowest BCUT2D eigenvalue weighted by Crippen LogP contribution is -2.46. The van der Waals surface area contributed by atoms with Crippen LogP contribution in [0.2, 0.25) is 5.02 Å². The Morgan fingerprint density at radius 3 is 2.76 bits per heavy atom. The number of para-hydroxylation sites is 1. The molecule has 150 valence electrons. The molecule has 0 aliphatic carbocycles. The van der Waals surface area contributed by atoms with E-state index in [2.05, 4.69) is 51.0 Å². The second kappa shape index (κ2) is 9.20. The van der Waals surface area contributed by atoms with Gasteiger partial charge in [0.2, 0.25) is 0 Å². The summed E-state index contributed by atoms with van der Waals surface area (Å²) in [5.74, 6) is 0. The lowest BCUT2D eigenvalue weighted by molar-refractivity contribution is 0.468. The van der Waals surface area contributed by atoms with Crippen molar-refractivity contribution < 1.29 is 0 Å². The fourth-order valence-electron chi connectivity index (χ4n) is 3.74. The maximum absolute atomic E-state index is 6.12. The molecule has 2 N–H and O–H groups in total. The molecule has 0 unspecified atom stereocenters. The van der Waals surface area contributed by atoms with Gasteiger partial charge in [-0.1, -0.05) is 23.7 Å². The summed E-state index contributed by atoms with van der Waals surface area (Å²) in [4.78, 5) is 8.07. The van der Waals surface area contributed by atoms with Gasteiger partial charge in [0.15, 0.2) is 5.11 Å². The molecular weight excluding hydrogens is 420 g/mol. The first kappa shape index (κ1) is 20.3. The molecule has 7 heteroatoms. The third-order valence-corrected chi connectivity index (χ3v) is 6.46. The van der Waals surface area contributed by atoms with Crippen LogP contribution < -0.4 is 15.5 Å². The molecule has 2 aromatic carbocycles. The predicted octanol–water partition coefficient (Wildman–Crippen LogP) is 5.57. The second-order valence-electron chi connectivity index (χ2n) is 7.05. The Bertz CT molecular complexity index is 1020. The summed E-state index contributed by atoms with van der Waals surface area (Å²) in [5, 5.41) is 9.39. The highest BCUT2D eigenvalue weighted by Crippen LogP contribution is 2.29. The third-order valence-electron chi connectivity index (χ3n) is 5.21. The number of hydrogen-bond donors (Lipinski definition) is 2. The van der Waals surface area contributed by atoms with Crippen LogP contribution in [0.25, 0.3) is 10.9 Å². The van der Waals surface area contributed by atoms with Crippen LogP contribution in [0.1, 0.15) is 12.8 Å². The van der Waals surface area contributed by atoms with Gasteiger partial charge in [-0.25, -0.2) is 0 Å². The van der Waals surface area contributed by atoms with E-state index >= 15 is 0 Å². The van der Waals surface area contributed by atoms with E-state index in [1.165, 1.54) is 10.6 Å². The maximum Gasteiger partial charge on any atom is 0.171 e. The van der Waals surface area contributed by atoms with Crippen LogP contribution in [-0.2, 0) is 0 Å². The number of fused-ring (bicyclic) bond motifs is 1. The van der Waals surface area contributed by atoms with E-state index in [0.29, 0.717) is 16.2 Å². The van der Waals surface area contributed by atoms with Gasteiger partial charge in [-0.2, -0.15) is 0 Å². The molecule has 1 aliphatic heterocycles. The third kappa shape index (κ3) is 4.77. The van der Waals surface area contributed by atoms with Gasteiger partial charge in [0.1, 0.15) is 0 Å². The van der Waals surface area contributed by atoms with Crippen LogP contribution in [0.15, 0.2) is 59.6 Å². The van der Waals surface area contributed by atoms with Crippen LogP contribution in [0.5, 0.6) is 0 Å². The van der Waals surface area contributed by atoms with Gasteiger partial charge >= 0.3 is 0 Å². The quantitative estimate of drug-likeness (QED) is 0.407. The van der Waals surface area contributed by atoms with Gasteiger partial charge in [0, 0.05) is 46.3 Å². The molecule has 0 atom stereocenters. The number of halogens is 1. The predicted molar refractivity (Wildman–Crippen MR) is 130 cm³/mol. The van der Waals surface area contributed by atoms with Crippen LogP contribution >= 0.6 is 35.6 Å². The number of thiocarbonyl (C=S) groups is 1. The first-order valence-electron chi connectivity index (χ1n) is 9.64. The molecule has 0 amide bonds. The molecule has 3 aromatic rings. The number of anilines is 2. The molecule has 1 saturated heterocycles. The van der Waals surface area contributed by atoms with E-state index < -0.39 is 0 Å². The van der Waals surface area contributed by atoms with Gasteiger partial charge in [-0.3, -0.25) is 4.98 Å². The SMILES string of the molecule is CSc1ccccc1NC(=S)NC1CCN(c2ccnc3cc(Cl)ccc23)CC1. The minimum absolute atomic E-state index is 0.371. The Labute approximate surface area is 186 Å². The van der Waals surface area contributed by atoms with E-state index in [1.807, 2.05) is 30.5 Å². The molecule has 1 aliphatic rings. The fraction of sp³-hybridized carbons (Fsp3) is 0.273. The van der Waals surface area contributed by atoms with Gasteiger partial charge in [0.05, 0.1) is 11.2 Å². The minimum Gasteiger partial charge on any atom is -0.371 e. The summed E-state index contributed by atoms with van der Waals surface area (Å²) in [6.07, 6.45) is 6.00. The molecule has 0 spiro atoms. The molecule has 2 heterocycles. The van der Waals surface area contributed by atoms with Crippen molar-refractivity contribution in [3.8, 4) is 0 Å². The first-order chi connectivity index (χ1) is 14.1. The van der Waals surface area contributed by atoms with Crippen LogP contribution in [0.4, 0.5) is 11.4 Å². The molecule has 4 rings (SSSR count). The van der Waals surface area contributed by atoms with Crippen LogP contribution in [0.3, 0.4) is 0 Å². The minimum atomic E-state index is 0.371. The van der Waals surface area contributed by atoms with E-state index in [0.717, 1.165) is 42.5 Å². The molecule has 29 heavy (non-hydrogen) atoms. The number of benzene rings is 2. The van der Waals surface area contributed by atoms with E-state index in [9.17, 15) is 0 Å². The highest BCUT2D eigenvalue weighted by atomic mass is 35.5. The normalized spacial score (nSPS) is 14.8. The Morgan fingerprint density at radius 1 is 1.17 bits per heavy atom. The Balaban J connectivity index is 1.37. The molecular formula is C22H23ClN4S2. The lowest BCUT2D eigenvalue weighted by atomic mass is 10.0. The number of aromatic nitrogens is 1. The van der Waals surface area contributed by atoms with E-state index in [-0.39, 0.29) is 0 Å². The van der Waals surface area contributed by atoms with Crippen LogP contribution in [0, 0.1) is 0 Å². The molecule has 0 saturated carbocycles. The van der Waals surface area contributed by atoms with Crippen molar-refractivity contribution in [2.24, 2.45) is 0 Å². The summed E-state index contributed by atoms with van der Waals surface area (Å²) in [6, 6.07) is 16.6. The standard InChI is InChI=1S/C22H23ClN4S2/c1-29-21-5-3-2-4-18(21)26-22(28)25-16-9-12-27(13-10-16)20-8-11-24-19-14-15(23)6-7-17(19)20/h2-8,11,14,16H,9-10,12-13H2,1H3,(H2,25,26,28). The monoisotopic (exact) mass is 442 g/mol. The average Bonchev–Trinajstić information content (AvgIpc) is 2.74. The van der Waals surface area contributed by atoms with Crippen molar-refractivity contribution in [1.29, 1.82) is 0 Å². The largest absolute Gasteiger partial charge is 0.371 e. The number of pyridine rings is 1. The molecule has 1 fully saturated rings. The first-order valence-corrected chi connectivity index (χ1v) is 11.6. The van der Waals surface area contributed by atoms with Gasteiger partial charge in [0.25, 0.3) is 0 Å². The molecule has 4 nitrogen and oxygen atoms in total. The zero-order chi connectivity index (χ0) is 20.2. The van der Waals surface area contributed by atoms with Crippen molar-refractivity contribution in [3.63, 3.8) is 0 Å². The number of thioether (sulfide) groups is 1. The Morgan fingerprint density at radius 2 is 1.97 bits per heavy atom. The Hall–Kier alpha value is -2.02. The van der Waals surface area contributed by atoms with E-state index in [1.54, 1.807) is 11.8 Å². The zero-order valence-corrected chi connectivity index (χ0v) is 18.6. The molecule has 0 bridgehead atoms. The number of hydrogen-bond acceptors (Lipinski definition) is 4. The average molecular weight is 443 g/mol. The lowest BCUT2D eigenvalue weighted by Gasteiger charge is -2.35. The second-order valence-corrected chi connectivity index (χ2v) is 8.74. The number of nitrogens with one attached hydrogen (secondary N) is 2. The van der Waals surface area contributed by atoms with Crippen molar-refractivity contribution in [1.82, 2.24) is 10.3 Å². The summed E-state index contributed by atoms with van der Waals surface area (Å²) in [7, 11) is 0. The summed E-state index contributed by atoms with van der Waals surface area (Å²) >= 11 is 13.4. The molecule has 0 radical (unpaired) electrons. The van der Waals surface area contributed by atoms with Crippen molar-refractivity contribution >= 4 is 63.0 Å². The summed E-state index contributed by atoms with van der Waals surface area (Å²) < 4.78 is 0. The van der Waals surface area contributed by atoms with Crippen LogP contribution in [-0.4, -0.2) is 35.5 Å². The number of rotatable bonds is 4. The highest BCUT2D eigenvalue weighted by Gasteiger charge is 2.21.